The Labute approximate surface area is 139 Å². The Morgan fingerprint density at radius 3 is 2.54 bits per heavy atom. The van der Waals surface area contributed by atoms with Gasteiger partial charge in [0.2, 0.25) is 0 Å². The summed E-state index contributed by atoms with van der Waals surface area (Å²) in [6, 6.07) is 1.98. The van der Waals surface area contributed by atoms with Crippen LogP contribution in [0.4, 0.5) is 8.78 Å². The molecule has 2 heterocycles. The number of carbonyl (C=O) groups is 3. The number of benzene rings is 1. The van der Waals surface area contributed by atoms with Crippen molar-refractivity contribution in [2.24, 2.45) is 0 Å². The molecule has 1 saturated heterocycles. The molecule has 0 saturated carbocycles. The normalized spacial score (nSPS) is 22.8. The van der Waals surface area contributed by atoms with Gasteiger partial charge in [-0.3, -0.25) is 14.5 Å². The van der Waals surface area contributed by atoms with E-state index in [2.05, 4.69) is 5.32 Å². The highest BCUT2D eigenvalue weighted by Gasteiger charge is 2.53. The average molecular weight is 354 g/mol. The van der Waals surface area contributed by atoms with Crippen LogP contribution in [0.15, 0.2) is 29.5 Å². The molecule has 0 bridgehead atoms. The largest absolute Gasteiger partial charge is 0.477 e. The highest BCUT2D eigenvalue weighted by molar-refractivity contribution is 8.00. The van der Waals surface area contributed by atoms with Crippen molar-refractivity contribution in [2.45, 2.75) is 18.3 Å². The van der Waals surface area contributed by atoms with E-state index in [0.29, 0.717) is 11.3 Å². The van der Waals surface area contributed by atoms with E-state index < -0.39 is 46.4 Å². The topological polar surface area (TPSA) is 86.7 Å². The van der Waals surface area contributed by atoms with Gasteiger partial charge in [-0.25, -0.2) is 13.6 Å². The van der Waals surface area contributed by atoms with Crippen LogP contribution in [-0.4, -0.2) is 45.0 Å². The fourth-order valence-corrected chi connectivity index (χ4v) is 4.00. The lowest BCUT2D eigenvalue weighted by atomic mass is 10.0. The summed E-state index contributed by atoms with van der Waals surface area (Å²) in [5.74, 6) is -4.57. The van der Waals surface area contributed by atoms with Gasteiger partial charge in [0.05, 0.1) is 0 Å². The van der Waals surface area contributed by atoms with Gasteiger partial charge in [0, 0.05) is 5.75 Å². The molecule has 2 N–H and O–H groups in total. The Morgan fingerprint density at radius 2 is 1.96 bits per heavy atom. The molecule has 0 spiro atoms. The predicted octanol–water partition coefficient (Wildman–Crippen LogP) is 1.34. The first kappa shape index (κ1) is 16.4. The molecule has 6 nitrogen and oxygen atoms in total. The van der Waals surface area contributed by atoms with Gasteiger partial charge in [-0.1, -0.05) is 6.07 Å². The molecule has 2 aliphatic rings. The summed E-state index contributed by atoms with van der Waals surface area (Å²) in [5, 5.41) is 10.9. The van der Waals surface area contributed by atoms with Crippen molar-refractivity contribution >= 4 is 29.5 Å². The highest BCUT2D eigenvalue weighted by atomic mass is 32.2. The van der Waals surface area contributed by atoms with Gasteiger partial charge in [0.1, 0.15) is 34.3 Å². The minimum absolute atomic E-state index is 0.105. The minimum Gasteiger partial charge on any atom is -0.477 e. The van der Waals surface area contributed by atoms with Crippen LogP contribution >= 0.6 is 11.8 Å². The van der Waals surface area contributed by atoms with Gasteiger partial charge in [0.15, 0.2) is 0 Å². The summed E-state index contributed by atoms with van der Waals surface area (Å²) >= 11 is 1.28. The number of carbonyl (C=O) groups excluding carboxylic acids is 2. The van der Waals surface area contributed by atoms with E-state index in [4.69, 9.17) is 0 Å². The number of aliphatic carboxylic acids is 1. The molecule has 0 radical (unpaired) electrons. The van der Waals surface area contributed by atoms with Gasteiger partial charge in [-0.05, 0) is 24.6 Å². The fourth-order valence-electron chi connectivity index (χ4n) is 2.70. The third-order valence-corrected chi connectivity index (χ3v) is 5.26. The standard InChI is InChI=1S/C15H12F2N2O4S/c1-6-5-24-14-10(13(21)19(14)11(6)15(22)23)18-12(20)9-7(16)3-2-4-8(9)17/h2-4,10,14H,5H2,1H3,(H,18,20)(H,22,23)/t10-,14+/m0/s1. The van der Waals surface area contributed by atoms with Crippen LogP contribution in [0, 0.1) is 11.6 Å². The maximum absolute atomic E-state index is 13.6. The number of amides is 2. The molecule has 2 atom stereocenters. The lowest BCUT2D eigenvalue weighted by Crippen LogP contribution is -2.70. The molecule has 9 heteroatoms. The summed E-state index contributed by atoms with van der Waals surface area (Å²) in [7, 11) is 0. The van der Waals surface area contributed by atoms with Crippen molar-refractivity contribution in [3.63, 3.8) is 0 Å². The molecule has 2 amide bonds. The predicted molar refractivity (Wildman–Crippen MR) is 81.0 cm³/mol. The quantitative estimate of drug-likeness (QED) is 0.800. The summed E-state index contributed by atoms with van der Waals surface area (Å²) < 4.78 is 27.3. The van der Waals surface area contributed by atoms with E-state index in [9.17, 15) is 28.3 Å². The van der Waals surface area contributed by atoms with E-state index in [1.54, 1.807) is 6.92 Å². The number of thioether (sulfide) groups is 1. The van der Waals surface area contributed by atoms with Crippen LogP contribution in [-0.2, 0) is 9.59 Å². The Bertz CT molecular complexity index is 775. The van der Waals surface area contributed by atoms with Crippen molar-refractivity contribution in [3.8, 4) is 0 Å². The SMILES string of the molecule is CC1=C(C(=O)O)N2C(=O)[C@H](NC(=O)c3c(F)cccc3F)[C@H]2SC1. The molecule has 24 heavy (non-hydrogen) atoms. The fraction of sp³-hybridized carbons (Fsp3) is 0.267. The molecule has 0 aliphatic carbocycles. The number of β-lactam (4-membered cyclic amide) rings is 1. The molecule has 1 aromatic rings. The lowest BCUT2D eigenvalue weighted by molar-refractivity contribution is -0.148. The van der Waals surface area contributed by atoms with Crippen molar-refractivity contribution < 1.29 is 28.3 Å². The Kier molecular flexibility index (Phi) is 4.04. The summed E-state index contributed by atoms with van der Waals surface area (Å²) in [6.07, 6.45) is 0. The third-order valence-electron chi connectivity index (χ3n) is 3.84. The van der Waals surface area contributed by atoms with E-state index in [-0.39, 0.29) is 5.70 Å². The Balaban J connectivity index is 1.81. The van der Waals surface area contributed by atoms with Crippen molar-refractivity contribution in [3.05, 3.63) is 46.7 Å². The summed E-state index contributed by atoms with van der Waals surface area (Å²) in [4.78, 5) is 36.7. The lowest BCUT2D eigenvalue weighted by Gasteiger charge is -2.49. The minimum atomic E-state index is -1.23. The van der Waals surface area contributed by atoms with Gasteiger partial charge in [-0.2, -0.15) is 0 Å². The second kappa shape index (κ2) is 5.90. The number of halogens is 2. The van der Waals surface area contributed by atoms with E-state index in [1.165, 1.54) is 11.8 Å². The smallest absolute Gasteiger partial charge is 0.352 e. The zero-order valence-electron chi connectivity index (χ0n) is 12.4. The molecule has 0 unspecified atom stereocenters. The van der Waals surface area contributed by atoms with Gasteiger partial charge < -0.3 is 10.4 Å². The van der Waals surface area contributed by atoms with Crippen LogP contribution < -0.4 is 5.32 Å². The second-order valence-corrected chi connectivity index (χ2v) is 6.50. The van der Waals surface area contributed by atoms with E-state index >= 15 is 0 Å². The van der Waals surface area contributed by atoms with Gasteiger partial charge >= 0.3 is 5.97 Å². The maximum atomic E-state index is 13.6. The van der Waals surface area contributed by atoms with Crippen molar-refractivity contribution in [2.75, 3.05) is 5.75 Å². The van der Waals surface area contributed by atoms with Crippen LogP contribution in [0.25, 0.3) is 0 Å². The number of fused-ring (bicyclic) bond motifs is 1. The monoisotopic (exact) mass is 354 g/mol. The molecule has 3 rings (SSSR count). The molecule has 1 fully saturated rings. The first-order valence-electron chi connectivity index (χ1n) is 6.95. The maximum Gasteiger partial charge on any atom is 0.352 e. The molecule has 126 valence electrons. The van der Waals surface area contributed by atoms with Gasteiger partial charge in [-0.15, -0.1) is 11.8 Å². The van der Waals surface area contributed by atoms with Crippen molar-refractivity contribution in [1.82, 2.24) is 10.2 Å². The van der Waals surface area contributed by atoms with Crippen molar-refractivity contribution in [1.29, 1.82) is 0 Å². The molecular weight excluding hydrogens is 342 g/mol. The molecule has 0 aromatic heterocycles. The molecular formula is C15H12F2N2O4S. The summed E-state index contributed by atoms with van der Waals surface area (Å²) in [5.41, 5.74) is -0.330. The first-order valence-corrected chi connectivity index (χ1v) is 8.00. The van der Waals surface area contributed by atoms with Crippen LogP contribution in [0.5, 0.6) is 0 Å². The zero-order chi connectivity index (χ0) is 17.6. The average Bonchev–Trinajstić information content (AvgIpc) is 2.51. The van der Waals surface area contributed by atoms with Gasteiger partial charge in [0.25, 0.3) is 11.8 Å². The number of carboxylic acid groups (broad SMARTS) is 1. The number of nitrogens with zero attached hydrogens (tertiary/aromatic N) is 1. The Hall–Kier alpha value is -2.42. The highest BCUT2D eigenvalue weighted by Crippen LogP contribution is 2.40. The number of hydrogen-bond donors (Lipinski definition) is 2. The number of hydrogen-bond acceptors (Lipinski definition) is 4. The number of nitrogens with one attached hydrogen (secondary N) is 1. The number of carboxylic acids is 1. The second-order valence-electron chi connectivity index (χ2n) is 5.39. The number of rotatable bonds is 3. The molecule has 1 aromatic carbocycles. The Morgan fingerprint density at radius 1 is 1.33 bits per heavy atom. The van der Waals surface area contributed by atoms with Crippen LogP contribution in [0.1, 0.15) is 17.3 Å². The van der Waals surface area contributed by atoms with E-state index in [1.807, 2.05) is 0 Å². The zero-order valence-corrected chi connectivity index (χ0v) is 13.2. The third kappa shape index (κ3) is 2.44. The van der Waals surface area contributed by atoms with E-state index in [0.717, 1.165) is 23.1 Å². The first-order chi connectivity index (χ1) is 11.3. The van der Waals surface area contributed by atoms with Crippen LogP contribution in [0.3, 0.4) is 0 Å². The summed E-state index contributed by atoms with van der Waals surface area (Å²) in [6.45, 7) is 1.61. The molecule has 2 aliphatic heterocycles. The van der Waals surface area contributed by atoms with Crippen LogP contribution in [0.2, 0.25) is 0 Å².